The van der Waals surface area contributed by atoms with Crippen LogP contribution in [0.4, 0.5) is 5.82 Å². The summed E-state index contributed by atoms with van der Waals surface area (Å²) < 4.78 is 2.45. The number of anilines is 1. The van der Waals surface area contributed by atoms with Crippen LogP contribution in [0.1, 0.15) is 25.0 Å². The molecule has 0 atom stereocenters. The van der Waals surface area contributed by atoms with Gasteiger partial charge in [-0.25, -0.2) is 4.98 Å². The number of nitrogens with one attached hydrogen (secondary N) is 3. The lowest BCUT2D eigenvalue weighted by Crippen LogP contribution is -2.23. The highest BCUT2D eigenvalue weighted by Gasteiger charge is 2.13. The molecule has 0 fully saturated rings. The Bertz CT molecular complexity index is 1620. The Morgan fingerprint density at radius 2 is 1.77 bits per heavy atom. The molecule has 10 heteroatoms. The second kappa shape index (κ2) is 12.9. The molecule has 2 heterocycles. The molecule has 0 aliphatic carbocycles. The van der Waals surface area contributed by atoms with Gasteiger partial charge in [0.1, 0.15) is 11.6 Å². The molecule has 0 spiro atoms. The number of aromatic hydroxyl groups is 1. The van der Waals surface area contributed by atoms with Gasteiger partial charge >= 0.3 is 0 Å². The number of nitrogens with zero attached hydrogens (tertiary/aromatic N) is 3. The van der Waals surface area contributed by atoms with Crippen LogP contribution in [0.5, 0.6) is 5.75 Å². The molecule has 0 aliphatic rings. The van der Waals surface area contributed by atoms with E-state index in [1.54, 1.807) is 48.0 Å². The van der Waals surface area contributed by atoms with Crippen molar-refractivity contribution >= 4 is 39.2 Å². The highest BCUT2D eigenvalue weighted by atomic mass is 79.9. The van der Waals surface area contributed by atoms with Crippen molar-refractivity contribution in [3.63, 3.8) is 0 Å². The Kier molecular flexibility index (Phi) is 9.13. The van der Waals surface area contributed by atoms with E-state index >= 15 is 0 Å². The van der Waals surface area contributed by atoms with E-state index in [-0.39, 0.29) is 17.6 Å². The number of allylic oxidation sites excluding steroid dienone is 3. The average Bonchev–Trinajstić information content (AvgIpc) is 3.31. The van der Waals surface area contributed by atoms with Crippen molar-refractivity contribution in [2.45, 2.75) is 26.9 Å². The van der Waals surface area contributed by atoms with E-state index in [0.717, 1.165) is 21.4 Å². The van der Waals surface area contributed by atoms with Crippen LogP contribution in [0.15, 0.2) is 101 Å². The molecule has 2 aromatic carbocycles. The van der Waals surface area contributed by atoms with Crippen LogP contribution < -0.4 is 16.0 Å². The smallest absolute Gasteiger partial charge is 0.250 e. The van der Waals surface area contributed by atoms with E-state index in [0.29, 0.717) is 41.3 Å². The molecular formula is C30H29BrN6O3. The maximum absolute atomic E-state index is 12.4. The van der Waals surface area contributed by atoms with Crippen LogP contribution in [-0.4, -0.2) is 31.5 Å². The second-order valence-electron chi connectivity index (χ2n) is 9.04. The maximum atomic E-state index is 12.4. The summed E-state index contributed by atoms with van der Waals surface area (Å²) >= 11 is 3.50. The van der Waals surface area contributed by atoms with Gasteiger partial charge in [-0.15, -0.1) is 0 Å². The third kappa shape index (κ3) is 7.23. The molecule has 2 aromatic heterocycles. The molecule has 40 heavy (non-hydrogen) atoms. The van der Waals surface area contributed by atoms with Gasteiger partial charge in [0, 0.05) is 42.9 Å². The second-order valence-corrected chi connectivity index (χ2v) is 9.89. The highest BCUT2D eigenvalue weighted by Crippen LogP contribution is 2.31. The number of fused-ring (bicyclic) bond motifs is 1. The minimum absolute atomic E-state index is 0.150. The van der Waals surface area contributed by atoms with Crippen molar-refractivity contribution in [1.29, 1.82) is 0 Å². The van der Waals surface area contributed by atoms with E-state index in [4.69, 9.17) is 0 Å². The van der Waals surface area contributed by atoms with Crippen LogP contribution in [0.2, 0.25) is 0 Å². The number of halogens is 1. The van der Waals surface area contributed by atoms with E-state index in [2.05, 4.69) is 48.5 Å². The van der Waals surface area contributed by atoms with Gasteiger partial charge in [0.2, 0.25) is 5.91 Å². The summed E-state index contributed by atoms with van der Waals surface area (Å²) in [6.45, 7) is 7.87. The number of rotatable bonds is 10. The Hall–Kier alpha value is -4.70. The summed E-state index contributed by atoms with van der Waals surface area (Å²) in [5.41, 5.74) is 4.84. The molecule has 4 aromatic rings. The van der Waals surface area contributed by atoms with Crippen molar-refractivity contribution in [2.75, 3.05) is 5.32 Å². The van der Waals surface area contributed by atoms with E-state index in [1.807, 2.05) is 42.5 Å². The van der Waals surface area contributed by atoms with Crippen molar-refractivity contribution in [3.8, 4) is 17.0 Å². The summed E-state index contributed by atoms with van der Waals surface area (Å²) in [6.07, 6.45) is 6.63. The minimum atomic E-state index is -0.278. The fourth-order valence-electron chi connectivity index (χ4n) is 3.86. The number of hydrogen-bond acceptors (Lipinski definition) is 6. The lowest BCUT2D eigenvalue weighted by atomic mass is 10.1. The Balaban J connectivity index is 1.37. The number of hydrogen-bond donors (Lipinski definition) is 4. The zero-order valence-electron chi connectivity index (χ0n) is 22.1. The van der Waals surface area contributed by atoms with Crippen LogP contribution in [0, 0.1) is 0 Å². The number of carbonyl (C=O) groups excluding carboxylic acids is 2. The highest BCUT2D eigenvalue weighted by molar-refractivity contribution is 9.10. The Morgan fingerprint density at radius 1 is 1.07 bits per heavy atom. The van der Waals surface area contributed by atoms with E-state index in [9.17, 15) is 14.7 Å². The molecular weight excluding hydrogens is 572 g/mol. The normalized spacial score (nSPS) is 11.5. The lowest BCUT2D eigenvalue weighted by Gasteiger charge is -2.12. The van der Waals surface area contributed by atoms with Crippen LogP contribution in [0.25, 0.3) is 16.9 Å². The summed E-state index contributed by atoms with van der Waals surface area (Å²) in [5.74, 6) is 0.440. The molecule has 0 unspecified atom stereocenters. The summed E-state index contributed by atoms with van der Waals surface area (Å²) in [6, 6.07) is 16.8. The quantitative estimate of drug-likeness (QED) is 0.146. The van der Waals surface area contributed by atoms with Crippen molar-refractivity contribution in [3.05, 3.63) is 112 Å². The van der Waals surface area contributed by atoms with Crippen LogP contribution in [0.3, 0.4) is 0 Å². The fraction of sp³-hybridized carbons (Fsp3) is 0.133. The summed E-state index contributed by atoms with van der Waals surface area (Å²) in [7, 11) is 0. The zero-order chi connectivity index (χ0) is 28.6. The number of aromatic nitrogens is 3. The maximum Gasteiger partial charge on any atom is 0.250 e. The number of phenols is 1. The third-order valence-corrected chi connectivity index (χ3v) is 6.43. The van der Waals surface area contributed by atoms with Gasteiger partial charge in [0.15, 0.2) is 5.65 Å². The standard InChI is InChI=1S/C30H29BrN6O3/c1-19(7-6-8-20(2)35-21(3)38)30(40)33-17-23-13-11-22(12-14-23)16-32-28-15-26(24-9-4-5-10-27(24)39)36-29-25(31)18-34-37(28)29/h4-15,18,32,39H,1,16-17H2,2-3H3,(H,33,40)(H,35,38)/b7-6-,20-8+. The average molecular weight is 602 g/mol. The number of amides is 2. The number of phenolic OH excluding ortho intramolecular Hbond substituents is 1. The van der Waals surface area contributed by atoms with Crippen molar-refractivity contribution < 1.29 is 14.7 Å². The van der Waals surface area contributed by atoms with Gasteiger partial charge in [0.05, 0.1) is 16.4 Å². The number of para-hydroxylation sites is 1. The van der Waals surface area contributed by atoms with E-state index < -0.39 is 0 Å². The predicted molar refractivity (Wildman–Crippen MR) is 159 cm³/mol. The fourth-order valence-corrected chi connectivity index (χ4v) is 4.21. The van der Waals surface area contributed by atoms with Crippen molar-refractivity contribution in [2.24, 2.45) is 0 Å². The van der Waals surface area contributed by atoms with Gasteiger partial charge in [-0.3, -0.25) is 9.59 Å². The van der Waals surface area contributed by atoms with Gasteiger partial charge in [0.25, 0.3) is 5.91 Å². The van der Waals surface area contributed by atoms with Gasteiger partial charge in [-0.1, -0.05) is 55.1 Å². The van der Waals surface area contributed by atoms with Crippen molar-refractivity contribution in [1.82, 2.24) is 25.2 Å². The molecule has 2 amide bonds. The summed E-state index contributed by atoms with van der Waals surface area (Å²) in [5, 5.41) is 23.7. The monoisotopic (exact) mass is 600 g/mol. The van der Waals surface area contributed by atoms with Gasteiger partial charge < -0.3 is 21.1 Å². The molecule has 0 saturated carbocycles. The first-order valence-electron chi connectivity index (χ1n) is 12.4. The molecule has 0 saturated heterocycles. The van der Waals surface area contributed by atoms with Crippen LogP contribution >= 0.6 is 15.9 Å². The molecule has 0 radical (unpaired) electrons. The Labute approximate surface area is 240 Å². The first-order valence-corrected chi connectivity index (χ1v) is 13.2. The first-order chi connectivity index (χ1) is 19.2. The number of carbonyl (C=O) groups is 2. The largest absolute Gasteiger partial charge is 0.507 e. The third-order valence-electron chi connectivity index (χ3n) is 5.87. The molecule has 204 valence electrons. The minimum Gasteiger partial charge on any atom is -0.507 e. The molecule has 4 rings (SSSR count). The van der Waals surface area contributed by atoms with Gasteiger partial charge in [-0.05, 0) is 52.2 Å². The SMILES string of the molecule is C=C(/C=C\C=C(/C)NC(C)=O)C(=O)NCc1ccc(CNc2cc(-c3ccccc3O)nc3c(Br)cnn23)cc1. The molecule has 4 N–H and O–H groups in total. The number of benzene rings is 2. The topological polar surface area (TPSA) is 121 Å². The summed E-state index contributed by atoms with van der Waals surface area (Å²) in [4.78, 5) is 28.1. The lowest BCUT2D eigenvalue weighted by molar-refractivity contribution is -0.118. The zero-order valence-corrected chi connectivity index (χ0v) is 23.7. The predicted octanol–water partition coefficient (Wildman–Crippen LogP) is 5.25. The first kappa shape index (κ1) is 28.3. The molecule has 9 nitrogen and oxygen atoms in total. The van der Waals surface area contributed by atoms with Crippen LogP contribution in [-0.2, 0) is 22.7 Å². The molecule has 0 bridgehead atoms. The Morgan fingerprint density at radius 3 is 2.48 bits per heavy atom. The molecule has 0 aliphatic heterocycles. The van der Waals surface area contributed by atoms with Gasteiger partial charge in [-0.2, -0.15) is 9.61 Å². The van der Waals surface area contributed by atoms with E-state index in [1.165, 1.54) is 6.92 Å².